The van der Waals surface area contributed by atoms with Gasteiger partial charge in [0.05, 0.1) is 5.60 Å². The van der Waals surface area contributed by atoms with Crippen LogP contribution in [0.2, 0.25) is 0 Å². The highest BCUT2D eigenvalue weighted by Crippen LogP contribution is 2.36. The van der Waals surface area contributed by atoms with Crippen molar-refractivity contribution in [2.75, 3.05) is 13.1 Å². The van der Waals surface area contributed by atoms with E-state index in [2.05, 4.69) is 0 Å². The Labute approximate surface area is 147 Å². The molecule has 1 aliphatic rings. The largest absolute Gasteiger partial charge is 0.489 e. The summed E-state index contributed by atoms with van der Waals surface area (Å²) in [6.45, 7) is 3.14. The fourth-order valence-corrected chi connectivity index (χ4v) is 3.33. The summed E-state index contributed by atoms with van der Waals surface area (Å²) in [5, 5.41) is 20.0. The van der Waals surface area contributed by atoms with Gasteiger partial charge in [-0.3, -0.25) is 0 Å². The van der Waals surface area contributed by atoms with Crippen LogP contribution < -0.4 is 4.74 Å². The Hall–Kier alpha value is -2.53. The van der Waals surface area contributed by atoms with Crippen LogP contribution >= 0.6 is 0 Å². The lowest BCUT2D eigenvalue weighted by molar-refractivity contribution is -0.0218. The van der Waals surface area contributed by atoms with Gasteiger partial charge in [-0.1, -0.05) is 36.4 Å². The fourth-order valence-electron chi connectivity index (χ4n) is 3.33. The molecule has 1 fully saturated rings. The van der Waals surface area contributed by atoms with Gasteiger partial charge in [-0.2, -0.15) is 0 Å². The first-order valence-corrected chi connectivity index (χ1v) is 8.46. The monoisotopic (exact) mass is 341 g/mol. The van der Waals surface area contributed by atoms with Gasteiger partial charge in [-0.15, -0.1) is 0 Å². The van der Waals surface area contributed by atoms with Gasteiger partial charge < -0.3 is 19.8 Å². The van der Waals surface area contributed by atoms with Gasteiger partial charge >= 0.3 is 6.09 Å². The quantitative estimate of drug-likeness (QED) is 0.892. The second-order valence-electron chi connectivity index (χ2n) is 6.55. The first-order valence-electron chi connectivity index (χ1n) is 8.46. The van der Waals surface area contributed by atoms with Crippen molar-refractivity contribution >= 4 is 6.09 Å². The SMILES string of the molecule is Cc1cc(OCc2ccccc2)ccc1C1(O)CCN(C(=O)O)CC1. The molecule has 1 saturated heterocycles. The van der Waals surface area contributed by atoms with E-state index in [-0.39, 0.29) is 0 Å². The van der Waals surface area contributed by atoms with E-state index >= 15 is 0 Å². The molecular weight excluding hydrogens is 318 g/mol. The summed E-state index contributed by atoms with van der Waals surface area (Å²) in [5.41, 5.74) is 1.93. The normalized spacial score (nSPS) is 16.5. The van der Waals surface area contributed by atoms with Crippen molar-refractivity contribution in [1.82, 2.24) is 4.90 Å². The van der Waals surface area contributed by atoms with E-state index in [9.17, 15) is 9.90 Å². The number of likely N-dealkylation sites (tertiary alicyclic amines) is 1. The van der Waals surface area contributed by atoms with E-state index in [4.69, 9.17) is 9.84 Å². The Morgan fingerprint density at radius 3 is 2.44 bits per heavy atom. The van der Waals surface area contributed by atoms with Gasteiger partial charge in [0, 0.05) is 13.1 Å². The lowest BCUT2D eigenvalue weighted by Gasteiger charge is -2.38. The third-order valence-electron chi connectivity index (χ3n) is 4.81. The van der Waals surface area contributed by atoms with E-state index in [1.807, 2.05) is 55.5 Å². The molecule has 2 N–H and O–H groups in total. The van der Waals surface area contributed by atoms with Gasteiger partial charge in [0.15, 0.2) is 0 Å². The number of aryl methyl sites for hydroxylation is 1. The number of ether oxygens (including phenoxy) is 1. The Kier molecular flexibility index (Phi) is 4.95. The molecule has 0 unspecified atom stereocenters. The number of rotatable bonds is 4. The van der Waals surface area contributed by atoms with Crippen LogP contribution in [-0.4, -0.2) is 34.3 Å². The van der Waals surface area contributed by atoms with Crippen molar-refractivity contribution in [3.05, 3.63) is 65.2 Å². The molecule has 1 heterocycles. The molecule has 0 bridgehead atoms. The predicted molar refractivity (Wildman–Crippen MR) is 94.7 cm³/mol. The second-order valence-corrected chi connectivity index (χ2v) is 6.55. The number of piperidine rings is 1. The number of hydrogen-bond donors (Lipinski definition) is 2. The molecule has 0 radical (unpaired) electrons. The molecule has 0 saturated carbocycles. The first-order chi connectivity index (χ1) is 12.0. The summed E-state index contributed by atoms with van der Waals surface area (Å²) < 4.78 is 5.83. The van der Waals surface area contributed by atoms with Crippen LogP contribution in [0.3, 0.4) is 0 Å². The molecule has 0 aliphatic carbocycles. The van der Waals surface area contributed by atoms with E-state index in [1.165, 1.54) is 4.90 Å². The van der Waals surface area contributed by atoms with Crippen molar-refractivity contribution in [2.24, 2.45) is 0 Å². The Morgan fingerprint density at radius 1 is 1.16 bits per heavy atom. The van der Waals surface area contributed by atoms with Crippen molar-refractivity contribution in [3.63, 3.8) is 0 Å². The predicted octanol–water partition coefficient (Wildman–Crippen LogP) is 3.54. The van der Waals surface area contributed by atoms with Crippen LogP contribution in [0.1, 0.15) is 29.5 Å². The maximum Gasteiger partial charge on any atom is 0.407 e. The molecule has 1 amide bonds. The number of carboxylic acid groups (broad SMARTS) is 1. The van der Waals surface area contributed by atoms with Crippen molar-refractivity contribution in [3.8, 4) is 5.75 Å². The maximum atomic E-state index is 11.0. The minimum atomic E-state index is -0.978. The van der Waals surface area contributed by atoms with Gasteiger partial charge in [0.2, 0.25) is 0 Å². The second kappa shape index (κ2) is 7.15. The molecule has 5 heteroatoms. The van der Waals surface area contributed by atoms with Gasteiger partial charge in [-0.25, -0.2) is 4.79 Å². The number of hydrogen-bond acceptors (Lipinski definition) is 3. The molecule has 2 aromatic rings. The zero-order chi connectivity index (χ0) is 17.9. The van der Waals surface area contributed by atoms with E-state index < -0.39 is 11.7 Å². The summed E-state index contributed by atoms with van der Waals surface area (Å²) in [4.78, 5) is 12.4. The molecule has 0 aromatic heterocycles. The van der Waals surface area contributed by atoms with Crippen molar-refractivity contribution in [1.29, 1.82) is 0 Å². The minimum Gasteiger partial charge on any atom is -0.489 e. The number of nitrogens with zero attached hydrogens (tertiary/aromatic N) is 1. The molecule has 25 heavy (non-hydrogen) atoms. The zero-order valence-corrected chi connectivity index (χ0v) is 14.3. The van der Waals surface area contributed by atoms with Gasteiger partial charge in [0.1, 0.15) is 12.4 Å². The molecule has 3 rings (SSSR count). The summed E-state index contributed by atoms with van der Waals surface area (Å²) >= 11 is 0. The first kappa shape index (κ1) is 17.3. The van der Waals surface area contributed by atoms with Crippen LogP contribution in [0.4, 0.5) is 4.79 Å². The molecule has 5 nitrogen and oxygen atoms in total. The summed E-state index contributed by atoms with van der Waals surface area (Å²) in [6.07, 6.45) is -0.113. The maximum absolute atomic E-state index is 11.0. The molecule has 1 aliphatic heterocycles. The van der Waals surface area contributed by atoms with Crippen LogP contribution in [0, 0.1) is 6.92 Å². The molecule has 2 aromatic carbocycles. The minimum absolute atomic E-state index is 0.345. The van der Waals surface area contributed by atoms with Crippen LogP contribution in [0.15, 0.2) is 48.5 Å². The smallest absolute Gasteiger partial charge is 0.407 e. The van der Waals surface area contributed by atoms with E-state index in [1.54, 1.807) is 0 Å². The topological polar surface area (TPSA) is 70.0 Å². The summed E-state index contributed by atoms with van der Waals surface area (Å²) in [5.74, 6) is 0.761. The number of carbonyl (C=O) groups is 1. The highest BCUT2D eigenvalue weighted by atomic mass is 16.5. The number of aliphatic hydroxyl groups is 1. The Balaban J connectivity index is 1.68. The van der Waals surface area contributed by atoms with Crippen LogP contribution in [-0.2, 0) is 12.2 Å². The molecule has 0 atom stereocenters. The lowest BCUT2D eigenvalue weighted by atomic mass is 9.82. The zero-order valence-electron chi connectivity index (χ0n) is 14.3. The van der Waals surface area contributed by atoms with Crippen molar-refractivity contribution < 1.29 is 19.7 Å². The number of amides is 1. The van der Waals surface area contributed by atoms with Crippen LogP contribution in [0.5, 0.6) is 5.75 Å². The third kappa shape index (κ3) is 3.94. The molecule has 0 spiro atoms. The van der Waals surface area contributed by atoms with Gasteiger partial charge in [-0.05, 0) is 48.6 Å². The van der Waals surface area contributed by atoms with Gasteiger partial charge in [0.25, 0.3) is 0 Å². The highest BCUT2D eigenvalue weighted by Gasteiger charge is 2.36. The summed E-state index contributed by atoms with van der Waals surface area (Å²) in [7, 11) is 0. The average molecular weight is 341 g/mol. The highest BCUT2D eigenvalue weighted by molar-refractivity contribution is 5.65. The van der Waals surface area contributed by atoms with Crippen LogP contribution in [0.25, 0.3) is 0 Å². The standard InChI is InChI=1S/C20H23NO4/c1-15-13-17(25-14-16-5-3-2-4-6-16)7-8-18(15)20(24)9-11-21(12-10-20)19(22)23/h2-8,13,24H,9-12,14H2,1H3,(H,22,23). The molecule has 132 valence electrons. The summed E-state index contributed by atoms with van der Waals surface area (Å²) in [6, 6.07) is 15.6. The lowest BCUT2D eigenvalue weighted by Crippen LogP contribution is -2.44. The number of benzene rings is 2. The average Bonchev–Trinajstić information content (AvgIpc) is 2.61. The van der Waals surface area contributed by atoms with E-state index in [0.717, 1.165) is 22.4 Å². The Bertz CT molecular complexity index is 737. The fraction of sp³-hybridized carbons (Fsp3) is 0.350. The van der Waals surface area contributed by atoms with E-state index in [0.29, 0.717) is 32.5 Å². The third-order valence-corrected chi connectivity index (χ3v) is 4.81. The van der Waals surface area contributed by atoms with Crippen molar-refractivity contribution in [2.45, 2.75) is 32.0 Å². The Morgan fingerprint density at radius 2 is 1.84 bits per heavy atom. The molecular formula is C20H23NO4.